The number of hydrogen-bond donors (Lipinski definition) is 0. The molecule has 0 aliphatic carbocycles. The van der Waals surface area contributed by atoms with Crippen LogP contribution in [0.15, 0.2) is 53.8 Å². The molecule has 3 aromatic rings. The van der Waals surface area contributed by atoms with Gasteiger partial charge in [0.1, 0.15) is 4.90 Å². The molecule has 10 nitrogen and oxygen atoms in total. The number of rotatable bonds is 5. The lowest BCUT2D eigenvalue weighted by atomic mass is 10.2. The van der Waals surface area contributed by atoms with Gasteiger partial charge in [-0.15, -0.1) is 0 Å². The van der Waals surface area contributed by atoms with Crippen LogP contribution in [0.5, 0.6) is 0 Å². The standard InChI is InChI=1S/C17H18N6O4S/c24-23(25)15-3-4-17-14(10-15)11-19-22(17)13-20-6-8-21(9-7-20)28(26,27)16-2-1-5-18-12-16/h1-5,10-12H,6-9,13H2. The molecule has 2 aromatic heterocycles. The minimum absolute atomic E-state index is 0.0290. The van der Waals surface area contributed by atoms with Gasteiger partial charge in [0.2, 0.25) is 10.0 Å². The lowest BCUT2D eigenvalue weighted by molar-refractivity contribution is -0.384. The zero-order valence-corrected chi connectivity index (χ0v) is 15.7. The Morgan fingerprint density at radius 1 is 1.11 bits per heavy atom. The van der Waals surface area contributed by atoms with E-state index in [-0.39, 0.29) is 10.6 Å². The summed E-state index contributed by atoms with van der Waals surface area (Å²) in [6, 6.07) is 7.79. The van der Waals surface area contributed by atoms with Gasteiger partial charge in [0.15, 0.2) is 0 Å². The Morgan fingerprint density at radius 3 is 2.57 bits per heavy atom. The molecule has 1 saturated heterocycles. The van der Waals surface area contributed by atoms with Crippen LogP contribution in [0.4, 0.5) is 5.69 Å². The second-order valence-corrected chi connectivity index (χ2v) is 8.43. The van der Waals surface area contributed by atoms with Crippen molar-refractivity contribution in [3.05, 3.63) is 59.0 Å². The summed E-state index contributed by atoms with van der Waals surface area (Å²) in [5.41, 5.74) is 0.831. The van der Waals surface area contributed by atoms with Crippen LogP contribution in [0.1, 0.15) is 0 Å². The summed E-state index contributed by atoms with van der Waals surface area (Å²) in [5, 5.41) is 15.9. The normalized spacial score (nSPS) is 16.4. The fourth-order valence-electron chi connectivity index (χ4n) is 3.25. The van der Waals surface area contributed by atoms with E-state index in [0.29, 0.717) is 38.2 Å². The number of nitrogens with zero attached hydrogens (tertiary/aromatic N) is 6. The largest absolute Gasteiger partial charge is 0.282 e. The number of nitro benzene ring substituents is 1. The molecule has 1 aliphatic heterocycles. The quantitative estimate of drug-likeness (QED) is 0.467. The monoisotopic (exact) mass is 402 g/mol. The highest BCUT2D eigenvalue weighted by atomic mass is 32.2. The van der Waals surface area contributed by atoms with Crippen molar-refractivity contribution in [2.24, 2.45) is 0 Å². The Labute approximate surface area is 161 Å². The van der Waals surface area contributed by atoms with Crippen molar-refractivity contribution < 1.29 is 13.3 Å². The molecule has 0 spiro atoms. The summed E-state index contributed by atoms with van der Waals surface area (Å²) in [7, 11) is -3.54. The van der Waals surface area contributed by atoms with Gasteiger partial charge in [-0.1, -0.05) is 0 Å². The lowest BCUT2D eigenvalue weighted by Crippen LogP contribution is -2.48. The van der Waals surface area contributed by atoms with Gasteiger partial charge in [-0.3, -0.25) is 24.7 Å². The van der Waals surface area contributed by atoms with E-state index in [4.69, 9.17) is 0 Å². The van der Waals surface area contributed by atoms with E-state index < -0.39 is 14.9 Å². The second kappa shape index (κ2) is 7.26. The van der Waals surface area contributed by atoms with E-state index in [2.05, 4.69) is 15.0 Å². The van der Waals surface area contributed by atoms with Crippen molar-refractivity contribution in [2.75, 3.05) is 26.2 Å². The number of pyridine rings is 1. The van der Waals surface area contributed by atoms with Crippen molar-refractivity contribution in [3.63, 3.8) is 0 Å². The smallest absolute Gasteiger partial charge is 0.270 e. The molecule has 0 bridgehead atoms. The van der Waals surface area contributed by atoms with Crippen LogP contribution in [-0.4, -0.2) is 63.5 Å². The van der Waals surface area contributed by atoms with Crippen LogP contribution >= 0.6 is 0 Å². The molecule has 1 fully saturated rings. The molecule has 11 heteroatoms. The van der Waals surface area contributed by atoms with Crippen LogP contribution in [0.25, 0.3) is 10.9 Å². The van der Waals surface area contributed by atoms with Gasteiger partial charge >= 0.3 is 0 Å². The molecule has 0 N–H and O–H groups in total. The SMILES string of the molecule is O=[N+]([O-])c1ccc2c(cnn2CN2CCN(S(=O)(=O)c3cccnc3)CC2)c1. The Kier molecular flexibility index (Phi) is 4.79. The Balaban J connectivity index is 1.44. The maximum Gasteiger partial charge on any atom is 0.270 e. The zero-order chi connectivity index (χ0) is 19.7. The molecule has 0 saturated carbocycles. The summed E-state index contributed by atoms with van der Waals surface area (Å²) in [4.78, 5) is 16.6. The van der Waals surface area contributed by atoms with E-state index in [0.717, 1.165) is 5.52 Å². The number of sulfonamides is 1. The van der Waals surface area contributed by atoms with Gasteiger partial charge in [-0.25, -0.2) is 8.42 Å². The molecule has 3 heterocycles. The molecule has 1 aliphatic rings. The molecular weight excluding hydrogens is 384 g/mol. The van der Waals surface area contributed by atoms with Crippen LogP contribution < -0.4 is 0 Å². The lowest BCUT2D eigenvalue weighted by Gasteiger charge is -2.33. The van der Waals surface area contributed by atoms with Gasteiger partial charge < -0.3 is 0 Å². The van der Waals surface area contributed by atoms with Gasteiger partial charge in [0.05, 0.1) is 23.3 Å². The number of piperazine rings is 1. The molecule has 0 radical (unpaired) electrons. The molecular formula is C17H18N6O4S. The molecule has 0 atom stereocenters. The van der Waals surface area contributed by atoms with Crippen molar-refractivity contribution in [2.45, 2.75) is 11.6 Å². The predicted octanol–water partition coefficient (Wildman–Crippen LogP) is 1.30. The van der Waals surface area contributed by atoms with E-state index in [1.807, 2.05) is 0 Å². The summed E-state index contributed by atoms with van der Waals surface area (Å²) in [6.07, 6.45) is 4.50. The highest BCUT2D eigenvalue weighted by Crippen LogP contribution is 2.21. The first-order valence-corrected chi connectivity index (χ1v) is 10.1. The van der Waals surface area contributed by atoms with E-state index in [1.165, 1.54) is 22.6 Å². The van der Waals surface area contributed by atoms with Crippen LogP contribution in [0.2, 0.25) is 0 Å². The number of non-ortho nitro benzene ring substituents is 1. The van der Waals surface area contributed by atoms with E-state index in [1.54, 1.807) is 35.3 Å². The third-order valence-electron chi connectivity index (χ3n) is 4.77. The van der Waals surface area contributed by atoms with Crippen molar-refractivity contribution in [1.82, 2.24) is 24.0 Å². The Hall–Kier alpha value is -2.89. The number of nitro groups is 1. The summed E-state index contributed by atoms with van der Waals surface area (Å²) in [5.74, 6) is 0. The average Bonchev–Trinajstić information content (AvgIpc) is 3.11. The van der Waals surface area contributed by atoms with Crippen molar-refractivity contribution >= 4 is 26.6 Å². The fourth-order valence-corrected chi connectivity index (χ4v) is 4.64. The van der Waals surface area contributed by atoms with Gasteiger partial charge in [-0.2, -0.15) is 9.40 Å². The first-order chi connectivity index (χ1) is 13.4. The maximum absolute atomic E-state index is 12.7. The number of hydrogen-bond acceptors (Lipinski definition) is 7. The fraction of sp³-hybridized carbons (Fsp3) is 0.294. The number of benzene rings is 1. The van der Waals surface area contributed by atoms with Gasteiger partial charge in [0, 0.05) is 56.1 Å². The Bertz CT molecular complexity index is 1110. The minimum Gasteiger partial charge on any atom is -0.282 e. The zero-order valence-electron chi connectivity index (χ0n) is 14.9. The molecule has 4 rings (SSSR count). The van der Waals surface area contributed by atoms with E-state index in [9.17, 15) is 18.5 Å². The summed E-state index contributed by atoms with van der Waals surface area (Å²) >= 11 is 0. The van der Waals surface area contributed by atoms with E-state index >= 15 is 0 Å². The third kappa shape index (κ3) is 3.46. The highest BCUT2D eigenvalue weighted by Gasteiger charge is 2.28. The van der Waals surface area contributed by atoms with Crippen LogP contribution in [-0.2, 0) is 16.7 Å². The van der Waals surface area contributed by atoms with Gasteiger partial charge in [0.25, 0.3) is 5.69 Å². The van der Waals surface area contributed by atoms with Gasteiger partial charge in [-0.05, 0) is 18.2 Å². The predicted molar refractivity (Wildman–Crippen MR) is 101 cm³/mol. The average molecular weight is 402 g/mol. The first-order valence-electron chi connectivity index (χ1n) is 8.68. The molecule has 146 valence electrons. The molecule has 0 amide bonds. The molecule has 0 unspecified atom stereocenters. The maximum atomic E-state index is 12.7. The summed E-state index contributed by atoms with van der Waals surface area (Å²) < 4.78 is 28.6. The topological polar surface area (TPSA) is 114 Å². The summed E-state index contributed by atoms with van der Waals surface area (Å²) in [6.45, 7) is 2.37. The second-order valence-electron chi connectivity index (χ2n) is 6.50. The molecule has 1 aromatic carbocycles. The third-order valence-corrected chi connectivity index (χ3v) is 6.66. The van der Waals surface area contributed by atoms with Crippen molar-refractivity contribution in [3.8, 4) is 0 Å². The molecule has 28 heavy (non-hydrogen) atoms. The van der Waals surface area contributed by atoms with Crippen molar-refractivity contribution in [1.29, 1.82) is 0 Å². The number of aromatic nitrogens is 3. The Morgan fingerprint density at radius 2 is 1.89 bits per heavy atom. The van der Waals surface area contributed by atoms with Crippen LogP contribution in [0, 0.1) is 10.1 Å². The highest BCUT2D eigenvalue weighted by molar-refractivity contribution is 7.89. The van der Waals surface area contributed by atoms with Crippen LogP contribution in [0.3, 0.4) is 0 Å². The minimum atomic E-state index is -3.54. The first kappa shape index (κ1) is 18.5. The number of fused-ring (bicyclic) bond motifs is 1.